The molecule has 0 bridgehead atoms. The molecule has 0 rings (SSSR count). The lowest BCUT2D eigenvalue weighted by atomic mass is 11.6. The van der Waals surface area contributed by atoms with Gasteiger partial charge in [-0.25, -0.2) is 4.36 Å². The van der Waals surface area contributed by atoms with Crippen molar-refractivity contribution in [3.05, 3.63) is 0 Å². The van der Waals surface area contributed by atoms with Gasteiger partial charge in [0.05, 0.1) is 0 Å². The molecule has 1 nitrogen and oxygen atoms in total. The van der Waals surface area contributed by atoms with Crippen molar-refractivity contribution in [3.8, 4) is 0 Å². The van der Waals surface area contributed by atoms with E-state index < -0.39 is 0 Å². The lowest BCUT2D eigenvalue weighted by Gasteiger charge is -1.55. The van der Waals surface area contributed by atoms with Gasteiger partial charge in [0.25, 0.3) is 0 Å². The lowest BCUT2D eigenvalue weighted by molar-refractivity contribution is 1.49. The molecule has 0 aromatic rings. The molecule has 24 valence electrons. The summed E-state index contributed by atoms with van der Waals surface area (Å²) in [7, 11) is 0. The fourth-order valence-electron chi connectivity index (χ4n) is 0. The molecule has 0 N–H and O–H groups in total. The van der Waals surface area contributed by atoms with Crippen molar-refractivity contribution < 1.29 is 0 Å². The first-order valence-corrected chi connectivity index (χ1v) is 2.66. The number of nitrogens with zero attached hydrogens (tertiary/aromatic N) is 1. The van der Waals surface area contributed by atoms with Crippen LogP contribution in [0.3, 0.4) is 0 Å². The highest BCUT2D eigenvalue weighted by Gasteiger charge is 1.49. The van der Waals surface area contributed by atoms with Crippen LogP contribution in [0.4, 0.5) is 0 Å². The Morgan fingerprint density at radius 2 is 2.25 bits per heavy atom. The third kappa shape index (κ3) is 2.75. The van der Waals surface area contributed by atoms with Crippen LogP contribution in [-0.4, -0.2) is 4.55 Å². The second-order valence-corrected chi connectivity index (χ2v) is 1.19. The number of rotatable bonds is 1. The van der Waals surface area contributed by atoms with Crippen LogP contribution in [0.2, 0.25) is 0 Å². The summed E-state index contributed by atoms with van der Waals surface area (Å²) in [5.41, 5.74) is 0. The van der Waals surface area contributed by atoms with Crippen LogP contribution in [0.1, 0.15) is 0 Å². The Morgan fingerprint density at radius 3 is 2.25 bits per heavy atom. The van der Waals surface area contributed by atoms with E-state index in [4.69, 9.17) is 0 Å². The van der Waals surface area contributed by atoms with Crippen molar-refractivity contribution in [2.45, 2.75) is 0 Å². The molecule has 0 aliphatic heterocycles. The molecule has 0 fully saturated rings. The number of halogens is 1. The summed E-state index contributed by atoms with van der Waals surface area (Å²) in [6.45, 7) is 0. The van der Waals surface area contributed by atoms with Gasteiger partial charge in [-0.1, -0.05) is 22.6 Å². The average Bonchev–Trinajstić information content (AvgIpc) is 1.37. The molecule has 0 saturated carbocycles. The standard InChI is InChI=1S/CH2INS/c2-1-3-4/h1H2. The molecule has 0 spiro atoms. The topological polar surface area (TPSA) is 12.4 Å². The third-order valence-corrected chi connectivity index (χ3v) is 0.982. The average molecular weight is 187 g/mol. The largest absolute Gasteiger partial charge is 0.209 e. The van der Waals surface area contributed by atoms with Gasteiger partial charge in [0.15, 0.2) is 0 Å². The number of hydrogen-bond donors (Lipinski definition) is 0. The van der Waals surface area contributed by atoms with Gasteiger partial charge in [0.2, 0.25) is 0 Å². The highest BCUT2D eigenvalue weighted by molar-refractivity contribution is 14.1. The Kier molecular flexibility index (Phi) is 4.45. The Morgan fingerprint density at radius 1 is 2.00 bits per heavy atom. The van der Waals surface area contributed by atoms with Gasteiger partial charge in [0, 0.05) is 12.4 Å². The molecule has 0 amide bonds. The van der Waals surface area contributed by atoms with E-state index in [0.717, 1.165) is 4.55 Å². The monoisotopic (exact) mass is 187 g/mol. The molecule has 0 unspecified atom stereocenters. The predicted molar refractivity (Wildman–Crippen MR) is 28.7 cm³/mol. The van der Waals surface area contributed by atoms with E-state index in [1.165, 1.54) is 0 Å². The molecular weight excluding hydrogens is 185 g/mol. The van der Waals surface area contributed by atoms with E-state index in [9.17, 15) is 0 Å². The molecule has 4 heavy (non-hydrogen) atoms. The van der Waals surface area contributed by atoms with Gasteiger partial charge in [-0.15, -0.1) is 0 Å². The maximum Gasteiger partial charge on any atom is 0.103 e. The summed E-state index contributed by atoms with van der Waals surface area (Å²) in [6.07, 6.45) is 0. The molecule has 3 heteroatoms. The molecule has 0 aromatic heterocycles. The summed E-state index contributed by atoms with van der Waals surface area (Å²) in [5, 5.41) is 0. The zero-order valence-electron chi connectivity index (χ0n) is 1.94. The quantitative estimate of drug-likeness (QED) is 0.340. The van der Waals surface area contributed by atoms with Gasteiger partial charge in [0.1, 0.15) is 4.55 Å². The van der Waals surface area contributed by atoms with Crippen LogP contribution in [0, 0.1) is 0 Å². The first-order valence-electron chi connectivity index (χ1n) is 0.766. The first-order chi connectivity index (χ1) is 1.91. The minimum Gasteiger partial charge on any atom is -0.209 e. The maximum absolute atomic E-state index is 4.17. The van der Waals surface area contributed by atoms with Crippen molar-refractivity contribution in [2.24, 2.45) is 4.36 Å². The van der Waals surface area contributed by atoms with Gasteiger partial charge in [-0.3, -0.25) is 0 Å². The van der Waals surface area contributed by atoms with E-state index >= 15 is 0 Å². The van der Waals surface area contributed by atoms with Crippen LogP contribution in [0.25, 0.3) is 0 Å². The van der Waals surface area contributed by atoms with Gasteiger partial charge in [-0.05, 0) is 0 Å². The summed E-state index contributed by atoms with van der Waals surface area (Å²) < 4.78 is 4.04. The van der Waals surface area contributed by atoms with Crippen LogP contribution >= 0.6 is 22.6 Å². The fraction of sp³-hybridized carbons (Fsp3) is 1.00. The fourth-order valence-corrected chi connectivity index (χ4v) is 0. The Bertz CT molecular complexity index is 22.0. The van der Waals surface area contributed by atoms with Gasteiger partial charge < -0.3 is 0 Å². The Hall–Kier alpha value is 0.750. The van der Waals surface area contributed by atoms with Crippen molar-refractivity contribution in [2.75, 3.05) is 4.55 Å². The van der Waals surface area contributed by atoms with E-state index in [0.29, 0.717) is 0 Å². The highest BCUT2D eigenvalue weighted by atomic mass is 127. The van der Waals surface area contributed by atoms with E-state index in [2.05, 4.69) is 39.4 Å². The number of hydrogen-bond acceptors (Lipinski definition) is 2. The molecule has 0 aliphatic carbocycles. The summed E-state index contributed by atoms with van der Waals surface area (Å²) >= 11 is 6.25. The second-order valence-electron chi connectivity index (χ2n) is 0.249. The summed E-state index contributed by atoms with van der Waals surface area (Å²) in [6, 6.07) is 0. The van der Waals surface area contributed by atoms with E-state index in [1.54, 1.807) is 0 Å². The SMILES string of the molecule is S=NCI. The molecule has 0 heterocycles. The third-order valence-electron chi connectivity index (χ3n) is 0.0488. The van der Waals surface area contributed by atoms with Crippen molar-refractivity contribution in [3.63, 3.8) is 0 Å². The van der Waals surface area contributed by atoms with Crippen LogP contribution < -0.4 is 0 Å². The van der Waals surface area contributed by atoms with Gasteiger partial charge in [-0.2, -0.15) is 0 Å². The van der Waals surface area contributed by atoms with Crippen LogP contribution in [-0.2, 0) is 12.4 Å². The Labute approximate surface area is 44.1 Å². The van der Waals surface area contributed by atoms with Crippen molar-refractivity contribution in [1.82, 2.24) is 0 Å². The molecule has 0 aliphatic rings. The van der Waals surface area contributed by atoms with E-state index in [1.807, 2.05) is 0 Å². The first kappa shape index (κ1) is 4.75. The van der Waals surface area contributed by atoms with Crippen LogP contribution in [0.5, 0.6) is 0 Å². The predicted octanol–water partition coefficient (Wildman–Crippen LogP) is 1.11. The van der Waals surface area contributed by atoms with Crippen molar-refractivity contribution in [1.29, 1.82) is 0 Å². The van der Waals surface area contributed by atoms with Crippen LogP contribution in [0.15, 0.2) is 4.36 Å². The number of alkyl halides is 1. The summed E-state index contributed by atoms with van der Waals surface area (Å²) in [5.74, 6) is 0. The zero-order valence-corrected chi connectivity index (χ0v) is 4.91. The molecule has 0 radical (unpaired) electrons. The molecule has 0 aromatic carbocycles. The van der Waals surface area contributed by atoms with Gasteiger partial charge >= 0.3 is 0 Å². The van der Waals surface area contributed by atoms with E-state index in [-0.39, 0.29) is 0 Å². The molecule has 0 saturated heterocycles. The zero-order chi connectivity index (χ0) is 3.41. The summed E-state index contributed by atoms with van der Waals surface area (Å²) in [4.78, 5) is 0. The molecule has 0 atom stereocenters. The maximum atomic E-state index is 4.17. The molecular formula is CH2INS. The Balaban J connectivity index is 2.30. The second kappa shape index (κ2) is 3.75. The highest BCUT2D eigenvalue weighted by Crippen LogP contribution is 1.75. The minimum atomic E-state index is 0.729. The minimum absolute atomic E-state index is 0.729. The van der Waals surface area contributed by atoms with Crippen molar-refractivity contribution >= 4 is 35.0 Å². The smallest absolute Gasteiger partial charge is 0.103 e. The normalized spacial score (nSPS) is 6.25. The lowest BCUT2D eigenvalue weighted by Crippen LogP contribution is -1.43.